The van der Waals surface area contributed by atoms with Gasteiger partial charge in [0.15, 0.2) is 0 Å². The smallest absolute Gasteiger partial charge is 0.0595 e. The lowest BCUT2D eigenvalue weighted by Crippen LogP contribution is -2.41. The molecule has 0 atom stereocenters. The first-order valence-corrected chi connectivity index (χ1v) is 6.75. The molecule has 1 aromatic carbocycles. The summed E-state index contributed by atoms with van der Waals surface area (Å²) in [6.07, 6.45) is 3.77. The van der Waals surface area contributed by atoms with Crippen LogP contribution in [0.5, 0.6) is 0 Å². The summed E-state index contributed by atoms with van der Waals surface area (Å²) in [6, 6.07) is 6.36. The van der Waals surface area contributed by atoms with Gasteiger partial charge in [0.25, 0.3) is 0 Å². The van der Waals surface area contributed by atoms with Gasteiger partial charge in [-0.3, -0.25) is 4.90 Å². The number of hydrogen-bond acceptors (Lipinski definition) is 2. The van der Waals surface area contributed by atoms with Crippen molar-refractivity contribution < 1.29 is 5.11 Å². The molecule has 4 heteroatoms. The Hall–Kier alpha value is -0.280. The molecule has 17 heavy (non-hydrogen) atoms. The monoisotopic (exact) mass is 273 g/mol. The summed E-state index contributed by atoms with van der Waals surface area (Å²) in [6.45, 7) is 1.77. The lowest BCUT2D eigenvalue weighted by Gasteiger charge is -2.37. The summed E-state index contributed by atoms with van der Waals surface area (Å²) in [4.78, 5) is 2.32. The van der Waals surface area contributed by atoms with Gasteiger partial charge in [-0.25, -0.2) is 0 Å². The largest absolute Gasteiger partial charge is 0.395 e. The van der Waals surface area contributed by atoms with Gasteiger partial charge in [0.1, 0.15) is 0 Å². The number of benzene rings is 1. The van der Waals surface area contributed by atoms with Gasteiger partial charge in [-0.2, -0.15) is 0 Å². The highest BCUT2D eigenvalue weighted by Gasteiger charge is 2.24. The molecular formula is C13H17Cl2NO. The van der Waals surface area contributed by atoms with Crippen molar-refractivity contribution in [3.8, 4) is 0 Å². The highest BCUT2D eigenvalue weighted by Crippen LogP contribution is 2.28. The average molecular weight is 274 g/mol. The van der Waals surface area contributed by atoms with Gasteiger partial charge in [0, 0.05) is 19.1 Å². The Balaban J connectivity index is 2.02. The molecule has 1 fully saturated rings. The number of halogens is 2. The predicted molar refractivity (Wildman–Crippen MR) is 71.6 cm³/mol. The molecule has 0 bridgehead atoms. The second kappa shape index (κ2) is 6.05. The summed E-state index contributed by atoms with van der Waals surface area (Å²) in [5.41, 5.74) is 1.15. The summed E-state index contributed by atoms with van der Waals surface area (Å²) < 4.78 is 0. The lowest BCUT2D eigenvalue weighted by atomic mass is 9.91. The average Bonchev–Trinajstić information content (AvgIpc) is 2.21. The topological polar surface area (TPSA) is 23.5 Å². The normalized spacial score (nSPS) is 16.2. The first-order valence-electron chi connectivity index (χ1n) is 5.99. The van der Waals surface area contributed by atoms with Gasteiger partial charge < -0.3 is 5.11 Å². The molecule has 1 aromatic rings. The number of nitrogens with zero attached hydrogens (tertiary/aromatic N) is 1. The number of aliphatic hydroxyl groups excluding tert-OH is 1. The molecule has 1 saturated carbocycles. The first-order chi connectivity index (χ1) is 8.20. The van der Waals surface area contributed by atoms with Gasteiger partial charge >= 0.3 is 0 Å². The molecule has 0 heterocycles. The van der Waals surface area contributed by atoms with Crippen molar-refractivity contribution in [2.45, 2.75) is 31.8 Å². The van der Waals surface area contributed by atoms with Gasteiger partial charge in [0.2, 0.25) is 0 Å². The van der Waals surface area contributed by atoms with Crippen LogP contribution in [-0.2, 0) is 6.54 Å². The van der Waals surface area contributed by atoms with Crippen molar-refractivity contribution in [3.63, 3.8) is 0 Å². The van der Waals surface area contributed by atoms with Crippen molar-refractivity contribution in [2.24, 2.45) is 0 Å². The molecule has 1 aliphatic rings. The maximum atomic E-state index is 9.09. The second-order valence-electron chi connectivity index (χ2n) is 4.53. The van der Waals surface area contributed by atoms with E-state index in [0.717, 1.165) is 18.7 Å². The molecule has 1 N–H and O–H groups in total. The zero-order valence-electron chi connectivity index (χ0n) is 9.70. The van der Waals surface area contributed by atoms with Crippen molar-refractivity contribution in [3.05, 3.63) is 33.8 Å². The Morgan fingerprint density at radius 2 is 2.00 bits per heavy atom. The van der Waals surface area contributed by atoms with E-state index in [4.69, 9.17) is 28.3 Å². The molecule has 0 amide bonds. The maximum Gasteiger partial charge on any atom is 0.0595 e. The quantitative estimate of drug-likeness (QED) is 0.890. The summed E-state index contributed by atoms with van der Waals surface area (Å²) >= 11 is 11.9. The van der Waals surface area contributed by atoms with Crippen LogP contribution in [0, 0.1) is 0 Å². The van der Waals surface area contributed by atoms with Gasteiger partial charge in [0.05, 0.1) is 16.7 Å². The van der Waals surface area contributed by atoms with Crippen LogP contribution in [-0.4, -0.2) is 29.2 Å². The molecule has 1 aliphatic carbocycles. The molecule has 0 radical (unpaired) electrons. The van der Waals surface area contributed by atoms with E-state index in [9.17, 15) is 0 Å². The van der Waals surface area contributed by atoms with Crippen molar-refractivity contribution >= 4 is 23.2 Å². The molecular weight excluding hydrogens is 257 g/mol. The minimum Gasteiger partial charge on any atom is -0.395 e. The van der Waals surface area contributed by atoms with E-state index in [-0.39, 0.29) is 6.61 Å². The van der Waals surface area contributed by atoms with Crippen LogP contribution < -0.4 is 0 Å². The van der Waals surface area contributed by atoms with E-state index in [2.05, 4.69) is 4.90 Å². The van der Waals surface area contributed by atoms with Gasteiger partial charge in [-0.15, -0.1) is 0 Å². The van der Waals surface area contributed by atoms with E-state index in [1.807, 2.05) is 18.2 Å². The van der Waals surface area contributed by atoms with Crippen molar-refractivity contribution in [1.82, 2.24) is 4.90 Å². The second-order valence-corrected chi connectivity index (χ2v) is 5.34. The van der Waals surface area contributed by atoms with Crippen LogP contribution in [0.25, 0.3) is 0 Å². The highest BCUT2D eigenvalue weighted by molar-refractivity contribution is 6.42. The van der Waals surface area contributed by atoms with Crippen LogP contribution in [0.15, 0.2) is 18.2 Å². The molecule has 0 aliphatic heterocycles. The third-order valence-corrected chi connectivity index (χ3v) is 4.09. The summed E-state index contributed by atoms with van der Waals surface area (Å²) in [7, 11) is 0. The third kappa shape index (κ3) is 3.35. The van der Waals surface area contributed by atoms with Gasteiger partial charge in [-0.05, 0) is 30.5 Å². The Morgan fingerprint density at radius 3 is 2.53 bits per heavy atom. The summed E-state index contributed by atoms with van der Waals surface area (Å²) in [5.74, 6) is 0. The Bertz CT molecular complexity index is 380. The van der Waals surface area contributed by atoms with Gasteiger partial charge in [-0.1, -0.05) is 35.7 Å². The minimum atomic E-state index is 0.206. The van der Waals surface area contributed by atoms with Crippen LogP contribution in [0.1, 0.15) is 24.8 Å². The van der Waals surface area contributed by atoms with Crippen LogP contribution in [0.3, 0.4) is 0 Å². The SMILES string of the molecule is OCCN(Cc1ccc(Cl)c(Cl)c1)C1CCC1. The van der Waals surface area contributed by atoms with E-state index in [1.54, 1.807) is 0 Å². The highest BCUT2D eigenvalue weighted by atomic mass is 35.5. The Morgan fingerprint density at radius 1 is 1.24 bits per heavy atom. The molecule has 94 valence electrons. The fourth-order valence-corrected chi connectivity index (χ4v) is 2.46. The van der Waals surface area contributed by atoms with Crippen LogP contribution in [0.4, 0.5) is 0 Å². The molecule has 0 unspecified atom stereocenters. The molecule has 2 nitrogen and oxygen atoms in total. The van der Waals surface area contributed by atoms with Crippen molar-refractivity contribution in [2.75, 3.05) is 13.2 Å². The Labute approximate surface area is 112 Å². The zero-order chi connectivity index (χ0) is 12.3. The molecule has 0 aromatic heterocycles. The number of hydrogen-bond donors (Lipinski definition) is 1. The predicted octanol–water partition coefficient (Wildman–Crippen LogP) is 3.34. The van der Waals surface area contributed by atoms with E-state index >= 15 is 0 Å². The van der Waals surface area contributed by atoms with E-state index in [1.165, 1.54) is 19.3 Å². The standard InChI is InChI=1S/C13H17Cl2NO/c14-12-5-4-10(8-13(12)15)9-16(6-7-17)11-2-1-3-11/h4-5,8,11,17H,1-3,6-7,9H2. The number of aliphatic hydroxyl groups is 1. The first kappa shape index (κ1) is 13.2. The molecule has 0 spiro atoms. The maximum absolute atomic E-state index is 9.09. The fourth-order valence-electron chi connectivity index (χ4n) is 2.14. The lowest BCUT2D eigenvalue weighted by molar-refractivity contribution is 0.0946. The third-order valence-electron chi connectivity index (χ3n) is 3.35. The van der Waals surface area contributed by atoms with E-state index < -0.39 is 0 Å². The van der Waals surface area contributed by atoms with Crippen molar-refractivity contribution in [1.29, 1.82) is 0 Å². The molecule has 2 rings (SSSR count). The Kier molecular flexibility index (Phi) is 4.69. The minimum absolute atomic E-state index is 0.206. The zero-order valence-corrected chi connectivity index (χ0v) is 11.2. The fraction of sp³-hybridized carbons (Fsp3) is 0.538. The van der Waals surface area contributed by atoms with Crippen LogP contribution >= 0.6 is 23.2 Å². The number of rotatable bonds is 5. The molecule has 0 saturated heterocycles. The van der Waals surface area contributed by atoms with E-state index in [0.29, 0.717) is 16.1 Å². The summed E-state index contributed by atoms with van der Waals surface area (Å²) in [5, 5.41) is 10.3. The van der Waals surface area contributed by atoms with Crippen LogP contribution in [0.2, 0.25) is 10.0 Å².